The second-order valence-electron chi connectivity index (χ2n) is 5.12. The van der Waals surface area contributed by atoms with Crippen LogP contribution in [0, 0.1) is 24.0 Å². The van der Waals surface area contributed by atoms with Crippen molar-refractivity contribution in [1.29, 1.82) is 0 Å². The third-order valence-electron chi connectivity index (χ3n) is 3.35. The largest absolute Gasteiger partial charge is 0.275 e. The Kier molecular flexibility index (Phi) is 5.03. The van der Waals surface area contributed by atoms with Gasteiger partial charge in [-0.15, -0.1) is 0 Å². The zero-order valence-electron chi connectivity index (χ0n) is 12.5. The van der Waals surface area contributed by atoms with E-state index in [4.69, 9.17) is 11.6 Å². The van der Waals surface area contributed by atoms with Gasteiger partial charge in [-0.1, -0.05) is 41.4 Å². The summed E-state index contributed by atoms with van der Waals surface area (Å²) in [6.45, 7) is 3.46. The lowest BCUT2D eigenvalue weighted by molar-refractivity contribution is -0.385. The molecule has 23 heavy (non-hydrogen) atoms. The molecule has 0 unspecified atom stereocenters. The van der Waals surface area contributed by atoms with Gasteiger partial charge >= 0.3 is 0 Å². The van der Waals surface area contributed by atoms with Crippen LogP contribution >= 0.6 is 11.6 Å². The van der Waals surface area contributed by atoms with Gasteiger partial charge in [0.1, 0.15) is 0 Å². The van der Waals surface area contributed by atoms with Crippen molar-refractivity contribution >= 4 is 27.3 Å². The first kappa shape index (κ1) is 17.4. The molecule has 122 valence electrons. The van der Waals surface area contributed by atoms with E-state index in [1.54, 1.807) is 6.07 Å². The molecule has 0 heterocycles. The Hall–Kier alpha value is -1.96. The Morgan fingerprint density at radius 2 is 1.91 bits per heavy atom. The Bertz CT molecular complexity index is 866. The molecule has 0 radical (unpaired) electrons. The molecule has 2 aromatic rings. The molecule has 0 aliphatic carbocycles. The van der Waals surface area contributed by atoms with Gasteiger partial charge in [-0.3, -0.25) is 10.1 Å². The van der Waals surface area contributed by atoms with Crippen molar-refractivity contribution in [2.45, 2.75) is 25.3 Å². The van der Waals surface area contributed by atoms with E-state index in [-0.39, 0.29) is 27.7 Å². The van der Waals surface area contributed by atoms with Gasteiger partial charge in [0.05, 0.1) is 14.8 Å². The fourth-order valence-electron chi connectivity index (χ4n) is 2.07. The van der Waals surface area contributed by atoms with Crippen LogP contribution in [0.5, 0.6) is 0 Å². The van der Waals surface area contributed by atoms with Crippen molar-refractivity contribution in [1.82, 2.24) is 4.72 Å². The third kappa shape index (κ3) is 4.07. The second kappa shape index (κ2) is 6.66. The number of sulfonamides is 1. The highest BCUT2D eigenvalue weighted by atomic mass is 35.5. The van der Waals surface area contributed by atoms with Crippen molar-refractivity contribution in [2.24, 2.45) is 0 Å². The van der Waals surface area contributed by atoms with E-state index < -0.39 is 14.9 Å². The van der Waals surface area contributed by atoms with Crippen LogP contribution in [0.15, 0.2) is 41.3 Å². The molecular weight excluding hydrogens is 340 g/mol. The molecule has 6 nitrogen and oxygen atoms in total. The Morgan fingerprint density at radius 1 is 1.22 bits per heavy atom. The molecule has 0 bridgehead atoms. The first-order chi connectivity index (χ1) is 10.7. The van der Waals surface area contributed by atoms with Crippen molar-refractivity contribution in [2.75, 3.05) is 0 Å². The summed E-state index contributed by atoms with van der Waals surface area (Å²) in [5, 5.41) is 11.0. The van der Waals surface area contributed by atoms with E-state index in [0.717, 1.165) is 17.2 Å². The number of halogens is 1. The summed E-state index contributed by atoms with van der Waals surface area (Å²) < 4.78 is 27.1. The van der Waals surface area contributed by atoms with Crippen molar-refractivity contribution in [3.8, 4) is 0 Å². The number of nitro groups is 1. The maximum absolute atomic E-state index is 12.3. The fraction of sp³-hybridized carbons (Fsp3) is 0.200. The molecule has 0 aliphatic rings. The minimum atomic E-state index is -3.91. The van der Waals surface area contributed by atoms with Crippen molar-refractivity contribution < 1.29 is 13.3 Å². The monoisotopic (exact) mass is 354 g/mol. The van der Waals surface area contributed by atoms with Gasteiger partial charge in [0.25, 0.3) is 5.69 Å². The van der Waals surface area contributed by atoms with Crippen LogP contribution in [0.1, 0.15) is 16.7 Å². The number of hydrogen-bond acceptors (Lipinski definition) is 4. The van der Waals surface area contributed by atoms with Crippen LogP contribution in [-0.4, -0.2) is 13.3 Å². The number of benzene rings is 2. The molecule has 1 N–H and O–H groups in total. The lowest BCUT2D eigenvalue weighted by Gasteiger charge is -2.09. The first-order valence-electron chi connectivity index (χ1n) is 6.70. The van der Waals surface area contributed by atoms with E-state index >= 15 is 0 Å². The number of rotatable bonds is 5. The maximum atomic E-state index is 12.3. The summed E-state index contributed by atoms with van der Waals surface area (Å²) in [5.74, 6) is 0. The van der Waals surface area contributed by atoms with Crippen LogP contribution in [0.2, 0.25) is 5.02 Å². The van der Waals surface area contributed by atoms with Gasteiger partial charge in [-0.2, -0.15) is 0 Å². The molecule has 0 spiro atoms. The topological polar surface area (TPSA) is 89.3 Å². The van der Waals surface area contributed by atoms with E-state index in [1.165, 1.54) is 13.0 Å². The summed E-state index contributed by atoms with van der Waals surface area (Å²) in [4.78, 5) is 10.1. The second-order valence-corrected chi connectivity index (χ2v) is 7.29. The molecule has 8 heteroatoms. The minimum Gasteiger partial charge on any atom is -0.258 e. The predicted molar refractivity (Wildman–Crippen MR) is 88.0 cm³/mol. The van der Waals surface area contributed by atoms with Gasteiger partial charge < -0.3 is 0 Å². The average Bonchev–Trinajstić information content (AvgIpc) is 2.47. The zero-order chi connectivity index (χ0) is 17.2. The SMILES string of the molecule is Cc1cccc(CNS(=O)(=O)c2cc(Cl)c(C)c([N+](=O)[O-])c2)c1. The summed E-state index contributed by atoms with van der Waals surface area (Å²) in [5.41, 5.74) is 1.71. The molecule has 0 aliphatic heterocycles. The van der Waals surface area contributed by atoms with Crippen molar-refractivity contribution in [3.63, 3.8) is 0 Å². The standard InChI is InChI=1S/C15H15ClN2O4S/c1-10-4-3-5-12(6-10)9-17-23(21,22)13-7-14(16)11(2)15(8-13)18(19)20/h3-8,17H,9H2,1-2H3. The summed E-state index contributed by atoms with van der Waals surface area (Å²) >= 11 is 5.91. The highest BCUT2D eigenvalue weighted by molar-refractivity contribution is 7.89. The van der Waals surface area contributed by atoms with Gasteiger partial charge in [0.15, 0.2) is 0 Å². The number of aryl methyl sites for hydroxylation is 1. The highest BCUT2D eigenvalue weighted by Crippen LogP contribution is 2.29. The minimum absolute atomic E-state index is 0.0372. The van der Waals surface area contributed by atoms with Crippen LogP contribution in [0.3, 0.4) is 0 Å². The van der Waals surface area contributed by atoms with Gasteiger partial charge in [0.2, 0.25) is 10.0 Å². The number of nitrogens with one attached hydrogen (secondary N) is 1. The molecule has 0 saturated carbocycles. The Morgan fingerprint density at radius 3 is 2.52 bits per heavy atom. The van der Waals surface area contributed by atoms with Crippen LogP contribution < -0.4 is 4.72 Å². The lowest BCUT2D eigenvalue weighted by atomic mass is 10.1. The summed E-state index contributed by atoms with van der Waals surface area (Å²) in [6, 6.07) is 9.60. The highest BCUT2D eigenvalue weighted by Gasteiger charge is 2.22. The van der Waals surface area contributed by atoms with E-state index in [1.807, 2.05) is 25.1 Å². The Labute approximate surface area is 139 Å². The molecule has 0 atom stereocenters. The zero-order valence-corrected chi connectivity index (χ0v) is 14.1. The smallest absolute Gasteiger partial charge is 0.258 e. The summed E-state index contributed by atoms with van der Waals surface area (Å²) in [7, 11) is -3.91. The Balaban J connectivity index is 2.31. The summed E-state index contributed by atoms with van der Waals surface area (Å²) in [6.07, 6.45) is 0. The quantitative estimate of drug-likeness (QED) is 0.658. The van der Waals surface area contributed by atoms with Crippen LogP contribution in [-0.2, 0) is 16.6 Å². The van der Waals surface area contributed by atoms with Gasteiger partial charge in [0, 0.05) is 18.2 Å². The van der Waals surface area contributed by atoms with E-state index in [0.29, 0.717) is 0 Å². The molecule has 0 amide bonds. The lowest BCUT2D eigenvalue weighted by Crippen LogP contribution is -2.23. The van der Waals surface area contributed by atoms with Crippen LogP contribution in [0.25, 0.3) is 0 Å². The average molecular weight is 355 g/mol. The van der Waals surface area contributed by atoms with Crippen molar-refractivity contribution in [3.05, 3.63) is 68.2 Å². The maximum Gasteiger partial charge on any atom is 0.275 e. The van der Waals surface area contributed by atoms with Gasteiger partial charge in [-0.25, -0.2) is 13.1 Å². The van der Waals surface area contributed by atoms with E-state index in [2.05, 4.69) is 4.72 Å². The predicted octanol–water partition coefficient (Wildman–Crippen LogP) is 3.34. The molecule has 0 aromatic heterocycles. The first-order valence-corrected chi connectivity index (χ1v) is 8.56. The van der Waals surface area contributed by atoms with Gasteiger partial charge in [-0.05, 0) is 25.5 Å². The molecule has 0 saturated heterocycles. The molecular formula is C15H15ClN2O4S. The fourth-order valence-corrected chi connectivity index (χ4v) is 3.41. The van der Waals surface area contributed by atoms with E-state index in [9.17, 15) is 18.5 Å². The third-order valence-corrected chi connectivity index (χ3v) is 5.12. The molecule has 2 aromatic carbocycles. The number of nitrogens with zero attached hydrogens (tertiary/aromatic N) is 1. The molecule has 2 rings (SSSR count). The molecule has 0 fully saturated rings. The normalized spacial score (nSPS) is 11.4. The van der Waals surface area contributed by atoms with Crippen LogP contribution in [0.4, 0.5) is 5.69 Å². The number of nitro benzene ring substituents is 1. The number of hydrogen-bond donors (Lipinski definition) is 1.